The molecular weight excluding hydrogens is 667 g/mol. The lowest BCUT2D eigenvalue weighted by Crippen LogP contribution is -2.45. The molecule has 0 fully saturated rings. The van der Waals surface area contributed by atoms with Crippen LogP contribution in [0.2, 0.25) is 0 Å². The van der Waals surface area contributed by atoms with Crippen LogP contribution in [0.1, 0.15) is 270 Å². The van der Waals surface area contributed by atoms with Gasteiger partial charge in [0.25, 0.3) is 0 Å². The van der Waals surface area contributed by atoms with Gasteiger partial charge in [0.15, 0.2) is 0 Å². The Hall–Kier alpha value is -0.910. The van der Waals surface area contributed by atoms with Crippen molar-refractivity contribution in [2.24, 2.45) is 0 Å². The SMILES string of the molecule is CCCCCCCCCCCCC/C=C/[C@@H](O)[C@H](CO)NC(=O)CCCCCCCCCCCCCCCCCCCCCCCCCCCCCCO. The molecule has 2 atom stereocenters. The first-order valence-corrected chi connectivity index (χ1v) is 24.5. The molecule has 0 heterocycles. The highest BCUT2D eigenvalue weighted by atomic mass is 16.3. The number of unbranched alkanes of at least 4 members (excludes halogenated alkanes) is 38. The summed E-state index contributed by atoms with van der Waals surface area (Å²) in [7, 11) is 0. The summed E-state index contributed by atoms with van der Waals surface area (Å²) in [6, 6.07) is -0.619. The van der Waals surface area contributed by atoms with Gasteiger partial charge < -0.3 is 20.6 Å². The molecule has 54 heavy (non-hydrogen) atoms. The van der Waals surface area contributed by atoms with Gasteiger partial charge in [0, 0.05) is 13.0 Å². The van der Waals surface area contributed by atoms with Gasteiger partial charge in [0.1, 0.15) is 0 Å². The summed E-state index contributed by atoms with van der Waals surface area (Å²) in [4.78, 5) is 12.4. The minimum absolute atomic E-state index is 0.0623. The molecule has 0 spiro atoms. The summed E-state index contributed by atoms with van der Waals surface area (Å²) in [6.07, 6.45) is 56.4. The first kappa shape index (κ1) is 53.1. The van der Waals surface area contributed by atoms with Crippen molar-refractivity contribution >= 4 is 5.91 Å². The predicted molar refractivity (Wildman–Crippen MR) is 236 cm³/mol. The fraction of sp³-hybridized carbons (Fsp3) is 0.939. The maximum absolute atomic E-state index is 12.4. The van der Waals surface area contributed by atoms with E-state index in [1.807, 2.05) is 6.08 Å². The van der Waals surface area contributed by atoms with Crippen LogP contribution in [-0.2, 0) is 4.79 Å². The van der Waals surface area contributed by atoms with Crippen LogP contribution in [0.15, 0.2) is 12.2 Å². The number of hydrogen-bond acceptors (Lipinski definition) is 4. The molecule has 0 bridgehead atoms. The highest BCUT2D eigenvalue weighted by Gasteiger charge is 2.18. The number of carbonyl (C=O) groups excluding carboxylic acids is 1. The van der Waals surface area contributed by atoms with Crippen molar-refractivity contribution in [3.8, 4) is 0 Å². The zero-order chi connectivity index (χ0) is 39.3. The largest absolute Gasteiger partial charge is 0.396 e. The van der Waals surface area contributed by atoms with E-state index in [2.05, 4.69) is 12.2 Å². The van der Waals surface area contributed by atoms with E-state index in [-0.39, 0.29) is 12.5 Å². The third-order valence-corrected chi connectivity index (χ3v) is 11.6. The van der Waals surface area contributed by atoms with Crippen molar-refractivity contribution in [2.75, 3.05) is 13.2 Å². The Bertz CT molecular complexity index is 743. The van der Waals surface area contributed by atoms with Gasteiger partial charge in [0.05, 0.1) is 18.8 Å². The molecule has 5 nitrogen and oxygen atoms in total. The van der Waals surface area contributed by atoms with E-state index in [0.29, 0.717) is 13.0 Å². The van der Waals surface area contributed by atoms with Crippen molar-refractivity contribution in [1.82, 2.24) is 5.32 Å². The van der Waals surface area contributed by atoms with Crippen LogP contribution in [0.25, 0.3) is 0 Å². The smallest absolute Gasteiger partial charge is 0.220 e. The van der Waals surface area contributed by atoms with Crippen LogP contribution < -0.4 is 5.32 Å². The van der Waals surface area contributed by atoms with Crippen LogP contribution in [0.4, 0.5) is 0 Å². The number of allylic oxidation sites excluding steroid dienone is 1. The molecule has 4 N–H and O–H groups in total. The maximum Gasteiger partial charge on any atom is 0.220 e. The third-order valence-electron chi connectivity index (χ3n) is 11.6. The minimum Gasteiger partial charge on any atom is -0.396 e. The van der Waals surface area contributed by atoms with Gasteiger partial charge in [-0.2, -0.15) is 0 Å². The Morgan fingerprint density at radius 1 is 0.444 bits per heavy atom. The standard InChI is InChI=1S/C49H97NO4/c1-2-3-4-5-6-7-8-25-28-31-34-37-40-43-48(53)47(46-52)50-49(54)44-41-38-35-32-29-26-23-21-19-17-15-13-11-9-10-12-14-16-18-20-22-24-27-30-33-36-39-42-45-51/h40,43,47-48,51-53H,2-39,41-42,44-46H2,1H3,(H,50,54)/b43-40+/t47-,48+/m0/s1. The molecule has 0 radical (unpaired) electrons. The van der Waals surface area contributed by atoms with E-state index >= 15 is 0 Å². The van der Waals surface area contributed by atoms with Crippen LogP contribution in [0.5, 0.6) is 0 Å². The van der Waals surface area contributed by atoms with E-state index in [4.69, 9.17) is 5.11 Å². The molecule has 0 aliphatic heterocycles. The Kier molecular flexibility index (Phi) is 45.7. The lowest BCUT2D eigenvalue weighted by atomic mass is 10.0. The summed E-state index contributed by atoms with van der Waals surface area (Å²) in [6.45, 7) is 2.38. The number of hydrogen-bond donors (Lipinski definition) is 4. The molecule has 0 aliphatic rings. The molecule has 0 aromatic carbocycles. The molecule has 0 saturated carbocycles. The molecule has 322 valence electrons. The van der Waals surface area contributed by atoms with Crippen molar-refractivity contribution in [1.29, 1.82) is 0 Å². The van der Waals surface area contributed by atoms with Gasteiger partial charge in [0.2, 0.25) is 5.91 Å². The molecule has 5 heteroatoms. The second-order valence-electron chi connectivity index (χ2n) is 17.0. The molecule has 0 aliphatic carbocycles. The monoisotopic (exact) mass is 764 g/mol. The highest BCUT2D eigenvalue weighted by Crippen LogP contribution is 2.17. The van der Waals surface area contributed by atoms with Crippen LogP contribution in [-0.4, -0.2) is 46.6 Å². The van der Waals surface area contributed by atoms with Gasteiger partial charge in [-0.1, -0.05) is 250 Å². The zero-order valence-corrected chi connectivity index (χ0v) is 36.5. The Morgan fingerprint density at radius 2 is 0.741 bits per heavy atom. The third kappa shape index (κ3) is 42.2. The maximum atomic E-state index is 12.4. The number of aliphatic hydroxyl groups excluding tert-OH is 3. The molecule has 1 amide bonds. The Morgan fingerprint density at radius 3 is 1.06 bits per heavy atom. The van der Waals surface area contributed by atoms with Gasteiger partial charge in [-0.3, -0.25) is 4.79 Å². The highest BCUT2D eigenvalue weighted by molar-refractivity contribution is 5.76. The zero-order valence-electron chi connectivity index (χ0n) is 36.5. The number of carbonyl (C=O) groups is 1. The van der Waals surface area contributed by atoms with E-state index in [0.717, 1.165) is 32.1 Å². The molecule has 0 aromatic heterocycles. The number of rotatable bonds is 46. The number of aliphatic hydroxyl groups is 3. The van der Waals surface area contributed by atoms with Gasteiger partial charge in [-0.25, -0.2) is 0 Å². The first-order valence-electron chi connectivity index (χ1n) is 24.5. The average Bonchev–Trinajstić information content (AvgIpc) is 3.18. The van der Waals surface area contributed by atoms with Crippen molar-refractivity contribution in [3.05, 3.63) is 12.2 Å². The van der Waals surface area contributed by atoms with E-state index in [9.17, 15) is 15.0 Å². The fourth-order valence-corrected chi connectivity index (χ4v) is 7.81. The average molecular weight is 764 g/mol. The fourth-order valence-electron chi connectivity index (χ4n) is 7.81. The second kappa shape index (κ2) is 46.5. The van der Waals surface area contributed by atoms with Crippen molar-refractivity contribution < 1.29 is 20.1 Å². The van der Waals surface area contributed by atoms with Crippen LogP contribution in [0.3, 0.4) is 0 Å². The molecule has 0 saturated heterocycles. The Labute approximate surface area is 338 Å². The lowest BCUT2D eigenvalue weighted by molar-refractivity contribution is -0.123. The van der Waals surface area contributed by atoms with Crippen molar-refractivity contribution in [3.63, 3.8) is 0 Å². The Balaban J connectivity index is 3.41. The number of nitrogens with one attached hydrogen (secondary N) is 1. The second-order valence-corrected chi connectivity index (χ2v) is 17.0. The van der Waals surface area contributed by atoms with Gasteiger partial charge >= 0.3 is 0 Å². The normalized spacial score (nSPS) is 12.9. The van der Waals surface area contributed by atoms with E-state index in [1.54, 1.807) is 6.08 Å². The van der Waals surface area contributed by atoms with Gasteiger partial charge in [-0.05, 0) is 25.7 Å². The first-order chi connectivity index (χ1) is 26.7. The quantitative estimate of drug-likeness (QED) is 0.0367. The van der Waals surface area contributed by atoms with E-state index in [1.165, 1.54) is 225 Å². The van der Waals surface area contributed by atoms with Crippen molar-refractivity contribution in [2.45, 2.75) is 282 Å². The molecule has 0 rings (SSSR count). The minimum atomic E-state index is -0.836. The summed E-state index contributed by atoms with van der Waals surface area (Å²) in [5, 5.41) is 31.8. The molecular formula is C49H97NO4. The summed E-state index contributed by atoms with van der Waals surface area (Å²) in [5.74, 6) is -0.0623. The summed E-state index contributed by atoms with van der Waals surface area (Å²) >= 11 is 0. The number of amides is 1. The van der Waals surface area contributed by atoms with Crippen LogP contribution in [0, 0.1) is 0 Å². The summed E-state index contributed by atoms with van der Waals surface area (Å²) in [5.41, 5.74) is 0. The van der Waals surface area contributed by atoms with E-state index < -0.39 is 12.1 Å². The van der Waals surface area contributed by atoms with Crippen LogP contribution >= 0.6 is 0 Å². The molecule has 0 aromatic rings. The lowest BCUT2D eigenvalue weighted by Gasteiger charge is -2.20. The van der Waals surface area contributed by atoms with Gasteiger partial charge in [-0.15, -0.1) is 0 Å². The summed E-state index contributed by atoms with van der Waals surface area (Å²) < 4.78 is 0. The molecule has 0 unspecified atom stereocenters. The predicted octanol–water partition coefficient (Wildman–Crippen LogP) is 14.4. The topological polar surface area (TPSA) is 89.8 Å².